The van der Waals surface area contributed by atoms with Crippen LogP contribution < -0.4 is 15.4 Å². The van der Waals surface area contributed by atoms with Crippen LogP contribution in [-0.4, -0.2) is 33.6 Å². The quantitative estimate of drug-likeness (QED) is 0.640. The zero-order chi connectivity index (χ0) is 15.2. The smallest absolute Gasteiger partial charge is 0.242 e. The second-order valence-electron chi connectivity index (χ2n) is 5.31. The second kappa shape index (κ2) is 7.61. The van der Waals surface area contributed by atoms with E-state index in [1.807, 2.05) is 6.07 Å². The standard InChI is InChI=1S/C14H25N3O2S/c1-11(2)15-9-10-16-13-7-5-6-8-14(13)20(18,19)17-12(3)4/h5-8,11-12,15-17H,9-10H2,1-4H3. The molecule has 6 heteroatoms. The first-order chi connectivity index (χ1) is 9.33. The molecule has 0 spiro atoms. The van der Waals surface area contributed by atoms with Crippen LogP contribution in [0.4, 0.5) is 5.69 Å². The summed E-state index contributed by atoms with van der Waals surface area (Å²) in [5, 5.41) is 6.44. The summed E-state index contributed by atoms with van der Waals surface area (Å²) in [4.78, 5) is 0.290. The van der Waals surface area contributed by atoms with E-state index < -0.39 is 10.0 Å². The number of para-hydroxylation sites is 1. The van der Waals surface area contributed by atoms with Crippen LogP contribution in [0, 0.1) is 0 Å². The van der Waals surface area contributed by atoms with Crippen molar-refractivity contribution in [1.82, 2.24) is 10.0 Å². The number of hydrogen-bond acceptors (Lipinski definition) is 4. The predicted octanol–water partition coefficient (Wildman–Crippen LogP) is 1.78. The molecule has 0 atom stereocenters. The summed E-state index contributed by atoms with van der Waals surface area (Å²) in [5.74, 6) is 0. The van der Waals surface area contributed by atoms with Crippen molar-refractivity contribution in [2.45, 2.75) is 44.7 Å². The van der Waals surface area contributed by atoms with Crippen LogP contribution in [-0.2, 0) is 10.0 Å². The second-order valence-corrected chi connectivity index (χ2v) is 6.99. The Kier molecular flexibility index (Phi) is 6.45. The molecule has 0 aliphatic rings. The van der Waals surface area contributed by atoms with E-state index in [4.69, 9.17) is 0 Å². The summed E-state index contributed by atoms with van der Waals surface area (Å²) in [7, 11) is -3.48. The summed E-state index contributed by atoms with van der Waals surface area (Å²) in [5.41, 5.74) is 0.631. The fraction of sp³-hybridized carbons (Fsp3) is 0.571. The van der Waals surface area contributed by atoms with Gasteiger partial charge in [0.15, 0.2) is 0 Å². The van der Waals surface area contributed by atoms with Gasteiger partial charge in [-0.25, -0.2) is 13.1 Å². The normalized spacial score (nSPS) is 12.1. The van der Waals surface area contributed by atoms with Crippen molar-refractivity contribution < 1.29 is 8.42 Å². The monoisotopic (exact) mass is 299 g/mol. The van der Waals surface area contributed by atoms with Gasteiger partial charge in [0.1, 0.15) is 4.90 Å². The molecule has 0 amide bonds. The Morgan fingerprint density at radius 3 is 2.25 bits per heavy atom. The van der Waals surface area contributed by atoms with Gasteiger partial charge in [-0.05, 0) is 26.0 Å². The zero-order valence-corrected chi connectivity index (χ0v) is 13.4. The van der Waals surface area contributed by atoms with Crippen molar-refractivity contribution in [3.05, 3.63) is 24.3 Å². The van der Waals surface area contributed by atoms with E-state index in [0.29, 0.717) is 23.2 Å². The van der Waals surface area contributed by atoms with Crippen molar-refractivity contribution in [2.75, 3.05) is 18.4 Å². The minimum atomic E-state index is -3.48. The maximum atomic E-state index is 12.2. The molecule has 0 aromatic heterocycles. The molecule has 1 rings (SSSR count). The molecule has 0 bridgehead atoms. The third-order valence-corrected chi connectivity index (χ3v) is 4.28. The lowest BCUT2D eigenvalue weighted by Gasteiger charge is -2.15. The topological polar surface area (TPSA) is 70.2 Å². The average molecular weight is 299 g/mol. The first-order valence-electron chi connectivity index (χ1n) is 6.91. The van der Waals surface area contributed by atoms with Gasteiger partial charge in [-0.15, -0.1) is 0 Å². The lowest BCUT2D eigenvalue weighted by molar-refractivity contribution is 0.570. The number of anilines is 1. The van der Waals surface area contributed by atoms with E-state index >= 15 is 0 Å². The third kappa shape index (κ3) is 5.48. The van der Waals surface area contributed by atoms with E-state index in [0.717, 1.165) is 6.54 Å². The minimum absolute atomic E-state index is 0.129. The number of nitrogens with one attached hydrogen (secondary N) is 3. The molecular weight excluding hydrogens is 274 g/mol. The predicted molar refractivity (Wildman–Crippen MR) is 83.5 cm³/mol. The summed E-state index contributed by atoms with van der Waals surface area (Å²) in [6.45, 7) is 9.21. The number of benzene rings is 1. The first-order valence-corrected chi connectivity index (χ1v) is 8.40. The third-order valence-electron chi connectivity index (χ3n) is 2.56. The molecule has 1 aromatic rings. The first kappa shape index (κ1) is 16.9. The van der Waals surface area contributed by atoms with Crippen LogP contribution in [0.15, 0.2) is 29.2 Å². The Balaban J connectivity index is 2.78. The Bertz CT molecular complexity index is 513. The van der Waals surface area contributed by atoms with Crippen LogP contribution in [0.5, 0.6) is 0 Å². The molecule has 0 radical (unpaired) electrons. The van der Waals surface area contributed by atoms with Gasteiger partial charge in [-0.1, -0.05) is 26.0 Å². The molecule has 20 heavy (non-hydrogen) atoms. The highest BCUT2D eigenvalue weighted by Gasteiger charge is 2.18. The van der Waals surface area contributed by atoms with E-state index in [2.05, 4.69) is 29.2 Å². The molecule has 5 nitrogen and oxygen atoms in total. The van der Waals surface area contributed by atoms with Gasteiger partial charge in [0.05, 0.1) is 5.69 Å². The van der Waals surface area contributed by atoms with Crippen molar-refractivity contribution in [3.8, 4) is 0 Å². The highest BCUT2D eigenvalue weighted by Crippen LogP contribution is 2.20. The van der Waals surface area contributed by atoms with Crippen LogP contribution in [0.3, 0.4) is 0 Å². The summed E-state index contributed by atoms with van der Waals surface area (Å²) >= 11 is 0. The molecule has 0 saturated carbocycles. The molecule has 0 heterocycles. The lowest BCUT2D eigenvalue weighted by atomic mass is 10.3. The van der Waals surface area contributed by atoms with Gasteiger partial charge in [-0.2, -0.15) is 0 Å². The molecule has 114 valence electrons. The van der Waals surface area contributed by atoms with E-state index in [-0.39, 0.29) is 6.04 Å². The fourth-order valence-electron chi connectivity index (χ4n) is 1.78. The molecule has 0 saturated heterocycles. The Labute approximate surface area is 122 Å². The van der Waals surface area contributed by atoms with Crippen molar-refractivity contribution in [1.29, 1.82) is 0 Å². The number of sulfonamides is 1. The van der Waals surface area contributed by atoms with E-state index in [1.54, 1.807) is 32.0 Å². The van der Waals surface area contributed by atoms with Crippen molar-refractivity contribution >= 4 is 15.7 Å². The highest BCUT2D eigenvalue weighted by molar-refractivity contribution is 7.89. The SMILES string of the molecule is CC(C)NCCNc1ccccc1S(=O)(=O)NC(C)C. The number of hydrogen-bond donors (Lipinski definition) is 3. The molecule has 0 fully saturated rings. The Hall–Kier alpha value is -1.11. The largest absolute Gasteiger partial charge is 0.383 e. The molecule has 0 unspecified atom stereocenters. The zero-order valence-electron chi connectivity index (χ0n) is 12.6. The average Bonchev–Trinajstić information content (AvgIpc) is 2.33. The lowest BCUT2D eigenvalue weighted by Crippen LogP contribution is -2.31. The Morgan fingerprint density at radius 1 is 1.00 bits per heavy atom. The highest BCUT2D eigenvalue weighted by atomic mass is 32.2. The minimum Gasteiger partial charge on any atom is -0.383 e. The number of rotatable bonds is 8. The van der Waals surface area contributed by atoms with Gasteiger partial charge in [0.25, 0.3) is 0 Å². The van der Waals surface area contributed by atoms with Gasteiger partial charge in [0, 0.05) is 25.2 Å². The maximum absolute atomic E-state index is 12.2. The maximum Gasteiger partial charge on any atom is 0.242 e. The molecule has 0 aliphatic carbocycles. The van der Waals surface area contributed by atoms with Crippen molar-refractivity contribution in [2.24, 2.45) is 0 Å². The molecule has 1 aromatic carbocycles. The molecular formula is C14H25N3O2S. The summed E-state index contributed by atoms with van der Waals surface area (Å²) in [6, 6.07) is 7.24. The fourth-order valence-corrected chi connectivity index (χ4v) is 3.21. The van der Waals surface area contributed by atoms with Crippen molar-refractivity contribution in [3.63, 3.8) is 0 Å². The summed E-state index contributed by atoms with van der Waals surface area (Å²) in [6.07, 6.45) is 0. The molecule has 3 N–H and O–H groups in total. The van der Waals surface area contributed by atoms with Crippen LogP contribution in [0.1, 0.15) is 27.7 Å². The Morgan fingerprint density at radius 2 is 1.65 bits per heavy atom. The van der Waals surface area contributed by atoms with Crippen LogP contribution in [0.2, 0.25) is 0 Å². The van der Waals surface area contributed by atoms with Gasteiger partial charge >= 0.3 is 0 Å². The van der Waals surface area contributed by atoms with E-state index in [1.165, 1.54) is 0 Å². The van der Waals surface area contributed by atoms with Gasteiger partial charge < -0.3 is 10.6 Å². The van der Waals surface area contributed by atoms with Gasteiger partial charge in [0.2, 0.25) is 10.0 Å². The molecule has 0 aliphatic heterocycles. The summed E-state index contributed by atoms with van der Waals surface area (Å²) < 4.78 is 27.1. The van der Waals surface area contributed by atoms with Crippen LogP contribution >= 0.6 is 0 Å². The van der Waals surface area contributed by atoms with E-state index in [9.17, 15) is 8.42 Å². The van der Waals surface area contributed by atoms with Crippen LogP contribution in [0.25, 0.3) is 0 Å². The van der Waals surface area contributed by atoms with Gasteiger partial charge in [-0.3, -0.25) is 0 Å².